The molecule has 2 heterocycles. The second-order valence-electron chi connectivity index (χ2n) is 5.72. The number of pyridine rings is 2. The average Bonchev–Trinajstić information content (AvgIpc) is 2.63. The molecule has 0 aliphatic rings. The Morgan fingerprint density at radius 3 is 2.72 bits per heavy atom. The van der Waals surface area contributed by atoms with Gasteiger partial charge < -0.3 is 10.1 Å². The molecule has 5 nitrogen and oxygen atoms in total. The molecule has 0 saturated heterocycles. The van der Waals surface area contributed by atoms with E-state index in [1.54, 1.807) is 24.5 Å². The van der Waals surface area contributed by atoms with Crippen LogP contribution in [0.1, 0.15) is 22.3 Å². The Balaban J connectivity index is 1.71. The summed E-state index contributed by atoms with van der Waals surface area (Å²) in [6.07, 6.45) is 3.36. The van der Waals surface area contributed by atoms with Crippen molar-refractivity contribution in [1.82, 2.24) is 9.97 Å². The molecule has 2 aromatic heterocycles. The van der Waals surface area contributed by atoms with E-state index < -0.39 is 0 Å². The first-order valence-electron chi connectivity index (χ1n) is 7.95. The summed E-state index contributed by atoms with van der Waals surface area (Å²) in [5, 5.41) is 12.3. The number of rotatable bonds is 5. The van der Waals surface area contributed by atoms with E-state index in [2.05, 4.69) is 35.2 Å². The summed E-state index contributed by atoms with van der Waals surface area (Å²) >= 11 is 0. The first-order valence-corrected chi connectivity index (χ1v) is 7.95. The summed E-state index contributed by atoms with van der Waals surface area (Å²) in [5.74, 6) is 1.86. The van der Waals surface area contributed by atoms with Crippen LogP contribution >= 0.6 is 0 Å². The standard InChI is InChI=1S/C20H18N4O/c1-14-5-6-18(10-15(14)2)25-19-11-16(7-9-22-19)13-24-20-17(12-21)4-3-8-23-20/h3-11H,13H2,1-2H3,(H,23,24). The van der Waals surface area contributed by atoms with Crippen molar-refractivity contribution in [3.63, 3.8) is 0 Å². The molecule has 0 radical (unpaired) electrons. The van der Waals surface area contributed by atoms with Crippen molar-refractivity contribution < 1.29 is 4.74 Å². The first kappa shape index (κ1) is 16.5. The van der Waals surface area contributed by atoms with Crippen LogP contribution < -0.4 is 10.1 Å². The Morgan fingerprint density at radius 2 is 1.92 bits per heavy atom. The summed E-state index contributed by atoms with van der Waals surface area (Å²) in [7, 11) is 0. The minimum Gasteiger partial charge on any atom is -0.439 e. The van der Waals surface area contributed by atoms with Gasteiger partial charge in [0, 0.05) is 25.0 Å². The molecule has 0 fully saturated rings. The Morgan fingerprint density at radius 1 is 1.04 bits per heavy atom. The van der Waals surface area contributed by atoms with E-state index in [1.807, 2.05) is 30.3 Å². The van der Waals surface area contributed by atoms with Crippen LogP contribution in [0.15, 0.2) is 54.9 Å². The Bertz CT molecular complexity index is 931. The molecule has 5 heteroatoms. The third-order valence-electron chi connectivity index (χ3n) is 3.89. The van der Waals surface area contributed by atoms with Gasteiger partial charge in [-0.05, 0) is 60.9 Å². The van der Waals surface area contributed by atoms with Crippen molar-refractivity contribution in [1.29, 1.82) is 5.26 Å². The maximum absolute atomic E-state index is 9.11. The summed E-state index contributed by atoms with van der Waals surface area (Å²) in [6.45, 7) is 4.64. The fourth-order valence-corrected chi connectivity index (χ4v) is 2.34. The van der Waals surface area contributed by atoms with Crippen molar-refractivity contribution in [3.8, 4) is 17.7 Å². The van der Waals surface area contributed by atoms with Crippen LogP contribution in [0.3, 0.4) is 0 Å². The SMILES string of the molecule is Cc1ccc(Oc2cc(CNc3ncccc3C#N)ccn2)cc1C. The molecule has 1 aromatic carbocycles. The minimum absolute atomic E-state index is 0.517. The van der Waals surface area contributed by atoms with Gasteiger partial charge in [-0.2, -0.15) is 5.26 Å². The summed E-state index contributed by atoms with van der Waals surface area (Å²) < 4.78 is 5.84. The molecule has 0 atom stereocenters. The number of nitrogens with zero attached hydrogens (tertiary/aromatic N) is 3. The molecule has 1 N–H and O–H groups in total. The van der Waals surface area contributed by atoms with Crippen LogP contribution in [0.25, 0.3) is 0 Å². The Labute approximate surface area is 147 Å². The molecule has 0 amide bonds. The van der Waals surface area contributed by atoms with E-state index in [9.17, 15) is 0 Å². The molecular weight excluding hydrogens is 312 g/mol. The molecule has 0 spiro atoms. The van der Waals surface area contributed by atoms with E-state index in [0.717, 1.165) is 11.3 Å². The summed E-state index contributed by atoms with van der Waals surface area (Å²) in [6, 6.07) is 15.3. The van der Waals surface area contributed by atoms with Gasteiger partial charge in [-0.1, -0.05) is 6.07 Å². The predicted molar refractivity (Wildman–Crippen MR) is 96.5 cm³/mol. The zero-order chi connectivity index (χ0) is 17.6. The lowest BCUT2D eigenvalue weighted by molar-refractivity contribution is 0.462. The van der Waals surface area contributed by atoms with Gasteiger partial charge in [0.2, 0.25) is 5.88 Å². The first-order chi connectivity index (χ1) is 12.2. The van der Waals surface area contributed by atoms with Crippen LogP contribution in [-0.2, 0) is 6.54 Å². The highest BCUT2D eigenvalue weighted by molar-refractivity contribution is 5.51. The van der Waals surface area contributed by atoms with E-state index >= 15 is 0 Å². The van der Waals surface area contributed by atoms with Gasteiger partial charge in [0.1, 0.15) is 17.6 Å². The topological polar surface area (TPSA) is 70.8 Å². The van der Waals surface area contributed by atoms with Gasteiger partial charge in [0.25, 0.3) is 0 Å². The molecule has 124 valence electrons. The largest absolute Gasteiger partial charge is 0.439 e. The van der Waals surface area contributed by atoms with Gasteiger partial charge >= 0.3 is 0 Å². The number of nitrogens with one attached hydrogen (secondary N) is 1. The molecule has 0 unspecified atom stereocenters. The Hall–Kier alpha value is -3.39. The van der Waals surface area contributed by atoms with Gasteiger partial charge in [-0.15, -0.1) is 0 Å². The van der Waals surface area contributed by atoms with E-state index in [-0.39, 0.29) is 0 Å². The van der Waals surface area contributed by atoms with Crippen molar-refractivity contribution in [3.05, 3.63) is 77.1 Å². The molecule has 3 aromatic rings. The van der Waals surface area contributed by atoms with Crippen LogP contribution in [0.5, 0.6) is 11.6 Å². The lowest BCUT2D eigenvalue weighted by Crippen LogP contribution is -2.03. The fraction of sp³-hybridized carbons (Fsp3) is 0.150. The lowest BCUT2D eigenvalue weighted by atomic mass is 10.1. The molecule has 0 aliphatic carbocycles. The van der Waals surface area contributed by atoms with Gasteiger partial charge in [-0.3, -0.25) is 0 Å². The number of benzene rings is 1. The Kier molecular flexibility index (Phi) is 4.91. The number of hydrogen-bond acceptors (Lipinski definition) is 5. The van der Waals surface area contributed by atoms with Crippen molar-refractivity contribution in [2.24, 2.45) is 0 Å². The van der Waals surface area contributed by atoms with Crippen LogP contribution in [0.4, 0.5) is 5.82 Å². The van der Waals surface area contributed by atoms with Crippen LogP contribution in [0, 0.1) is 25.2 Å². The molecule has 3 rings (SSSR count). The molecule has 0 aliphatic heterocycles. The number of aromatic nitrogens is 2. The highest BCUT2D eigenvalue weighted by Gasteiger charge is 2.05. The normalized spacial score (nSPS) is 10.1. The maximum Gasteiger partial charge on any atom is 0.219 e. The average molecular weight is 330 g/mol. The van der Waals surface area contributed by atoms with Gasteiger partial charge in [-0.25, -0.2) is 9.97 Å². The van der Waals surface area contributed by atoms with Gasteiger partial charge in [0.15, 0.2) is 0 Å². The van der Waals surface area contributed by atoms with Crippen molar-refractivity contribution >= 4 is 5.82 Å². The summed E-state index contributed by atoms with van der Waals surface area (Å²) in [4.78, 5) is 8.45. The number of nitriles is 1. The van der Waals surface area contributed by atoms with Gasteiger partial charge in [0.05, 0.1) is 5.56 Å². The highest BCUT2D eigenvalue weighted by Crippen LogP contribution is 2.23. The van der Waals surface area contributed by atoms with Crippen LogP contribution in [-0.4, -0.2) is 9.97 Å². The van der Waals surface area contributed by atoms with E-state index in [0.29, 0.717) is 23.8 Å². The third kappa shape index (κ3) is 4.12. The molecule has 25 heavy (non-hydrogen) atoms. The zero-order valence-corrected chi connectivity index (χ0v) is 14.2. The van der Waals surface area contributed by atoms with Crippen LogP contribution in [0.2, 0.25) is 0 Å². The van der Waals surface area contributed by atoms with Crippen molar-refractivity contribution in [2.75, 3.05) is 5.32 Å². The molecule has 0 saturated carbocycles. The summed E-state index contributed by atoms with van der Waals surface area (Å²) in [5.41, 5.74) is 3.91. The smallest absolute Gasteiger partial charge is 0.219 e. The second kappa shape index (κ2) is 7.45. The third-order valence-corrected chi connectivity index (χ3v) is 3.89. The van der Waals surface area contributed by atoms with Crippen molar-refractivity contribution in [2.45, 2.75) is 20.4 Å². The number of ether oxygens (including phenoxy) is 1. The highest BCUT2D eigenvalue weighted by atomic mass is 16.5. The lowest BCUT2D eigenvalue weighted by Gasteiger charge is -2.10. The molecule has 0 bridgehead atoms. The fourth-order valence-electron chi connectivity index (χ4n) is 2.34. The minimum atomic E-state index is 0.517. The predicted octanol–water partition coefficient (Wildman–Crippen LogP) is 4.37. The zero-order valence-electron chi connectivity index (χ0n) is 14.2. The number of anilines is 1. The maximum atomic E-state index is 9.11. The second-order valence-corrected chi connectivity index (χ2v) is 5.72. The quantitative estimate of drug-likeness (QED) is 0.752. The molecular formula is C20H18N4O. The monoisotopic (exact) mass is 330 g/mol. The number of hydrogen-bond donors (Lipinski definition) is 1. The van der Waals surface area contributed by atoms with E-state index in [4.69, 9.17) is 10.00 Å². The number of aryl methyl sites for hydroxylation is 2. The van der Waals surface area contributed by atoms with E-state index in [1.165, 1.54) is 11.1 Å².